The van der Waals surface area contributed by atoms with Gasteiger partial charge in [-0.1, -0.05) is 41.9 Å². The molecular formula is C27H36ClNO3. The summed E-state index contributed by atoms with van der Waals surface area (Å²) in [7, 11) is 0. The smallest absolute Gasteiger partial charge is 0.120 e. The van der Waals surface area contributed by atoms with Crippen molar-refractivity contribution in [2.24, 2.45) is 0 Å². The average molecular weight is 458 g/mol. The molecule has 0 spiro atoms. The van der Waals surface area contributed by atoms with Crippen LogP contribution in [0.1, 0.15) is 61.1 Å². The first kappa shape index (κ1) is 23.6. The highest BCUT2D eigenvalue weighted by molar-refractivity contribution is 6.32. The Balaban J connectivity index is 1.31. The third kappa shape index (κ3) is 5.66. The van der Waals surface area contributed by atoms with Crippen LogP contribution in [0, 0.1) is 13.8 Å². The summed E-state index contributed by atoms with van der Waals surface area (Å²) in [5.74, 6) is 1.28. The monoisotopic (exact) mass is 457 g/mol. The number of likely N-dealkylation sites (tertiary alicyclic amines) is 1. The maximum Gasteiger partial charge on any atom is 0.120 e. The number of rotatable bonds is 6. The Hall–Kier alpha value is -1.59. The van der Waals surface area contributed by atoms with Crippen LogP contribution in [0.5, 0.6) is 5.75 Å². The molecule has 1 aliphatic carbocycles. The molecule has 5 heteroatoms. The van der Waals surface area contributed by atoms with Gasteiger partial charge in [0.25, 0.3) is 0 Å². The molecule has 0 amide bonds. The van der Waals surface area contributed by atoms with E-state index < -0.39 is 11.2 Å². The second-order valence-corrected chi connectivity index (χ2v) is 10.5. The highest BCUT2D eigenvalue weighted by Gasteiger charge is 2.40. The molecular weight excluding hydrogens is 422 g/mol. The minimum absolute atomic E-state index is 0.249. The fraction of sp³-hybridized carbons (Fsp3) is 0.556. The third-order valence-corrected chi connectivity index (χ3v) is 7.85. The number of piperidine rings is 1. The fourth-order valence-electron chi connectivity index (χ4n) is 5.45. The lowest BCUT2D eigenvalue weighted by Crippen LogP contribution is -2.55. The predicted octanol–water partition coefficient (Wildman–Crippen LogP) is 5.25. The number of benzene rings is 2. The van der Waals surface area contributed by atoms with Gasteiger partial charge in [0.2, 0.25) is 0 Å². The van der Waals surface area contributed by atoms with E-state index in [4.69, 9.17) is 16.3 Å². The molecule has 1 atom stereocenters. The fourth-order valence-corrected chi connectivity index (χ4v) is 5.56. The Bertz CT molecular complexity index is 887. The van der Waals surface area contributed by atoms with Gasteiger partial charge in [-0.05, 0) is 93.7 Å². The van der Waals surface area contributed by atoms with Gasteiger partial charge < -0.3 is 14.9 Å². The lowest BCUT2D eigenvalue weighted by molar-refractivity contribution is -0.0898. The van der Waals surface area contributed by atoms with Gasteiger partial charge in [-0.25, -0.2) is 0 Å². The minimum atomic E-state index is -0.905. The van der Waals surface area contributed by atoms with Crippen molar-refractivity contribution < 1.29 is 14.9 Å². The van der Waals surface area contributed by atoms with Crippen LogP contribution in [0.3, 0.4) is 0 Å². The molecule has 1 heterocycles. The van der Waals surface area contributed by atoms with Crippen LogP contribution in [0.25, 0.3) is 0 Å². The SMILES string of the molecule is Cc1cc(OC[C@@]2(O)CCCN(CC3(O)CCC(c4ccccc4)CC3)C2)cc(C)c1Cl. The van der Waals surface area contributed by atoms with E-state index in [1.165, 1.54) is 5.56 Å². The van der Waals surface area contributed by atoms with E-state index in [1.807, 2.05) is 26.0 Å². The standard InChI is InChI=1S/C27H36ClNO3/c1-20-15-24(16-21(2)25(20)28)32-19-27(31)11-6-14-29(18-27)17-26(30)12-9-23(10-13-26)22-7-4-3-5-8-22/h3-5,7-8,15-16,23,30-31H,6,9-14,17-19H2,1-2H3/t23?,26?,27-/m1/s1. The summed E-state index contributed by atoms with van der Waals surface area (Å²) in [6.45, 7) is 6.24. The lowest BCUT2D eigenvalue weighted by atomic mass is 9.75. The lowest BCUT2D eigenvalue weighted by Gasteiger charge is -2.44. The number of hydrogen-bond donors (Lipinski definition) is 2. The van der Waals surface area contributed by atoms with Crippen molar-refractivity contribution in [2.75, 3.05) is 26.2 Å². The van der Waals surface area contributed by atoms with Crippen LogP contribution >= 0.6 is 11.6 Å². The van der Waals surface area contributed by atoms with Crippen LogP contribution in [0.15, 0.2) is 42.5 Å². The number of hydrogen-bond acceptors (Lipinski definition) is 4. The molecule has 0 aromatic heterocycles. The summed E-state index contributed by atoms with van der Waals surface area (Å²) >= 11 is 6.26. The third-order valence-electron chi connectivity index (χ3n) is 7.26. The Labute approximate surface area is 197 Å². The normalized spacial score (nSPS) is 29.1. The summed E-state index contributed by atoms with van der Waals surface area (Å²) in [6.07, 6.45) is 5.25. The van der Waals surface area contributed by atoms with Gasteiger partial charge in [0, 0.05) is 18.1 Å². The molecule has 2 aliphatic rings. The second-order valence-electron chi connectivity index (χ2n) is 10.1. The summed E-state index contributed by atoms with van der Waals surface area (Å²) in [6, 6.07) is 14.5. The quantitative estimate of drug-likeness (QED) is 0.621. The van der Waals surface area contributed by atoms with Gasteiger partial charge in [0.1, 0.15) is 18.0 Å². The summed E-state index contributed by atoms with van der Waals surface area (Å²) in [4.78, 5) is 2.23. The Morgan fingerprint density at radius 3 is 2.31 bits per heavy atom. The van der Waals surface area contributed by atoms with Gasteiger partial charge in [-0.2, -0.15) is 0 Å². The van der Waals surface area contributed by atoms with Crippen LogP contribution in [0.2, 0.25) is 5.02 Å². The molecule has 32 heavy (non-hydrogen) atoms. The van der Waals surface area contributed by atoms with Gasteiger partial charge in [0.15, 0.2) is 0 Å². The molecule has 1 saturated carbocycles. The topological polar surface area (TPSA) is 52.9 Å². The van der Waals surface area contributed by atoms with E-state index in [9.17, 15) is 10.2 Å². The van der Waals surface area contributed by atoms with Crippen molar-refractivity contribution in [3.05, 3.63) is 64.2 Å². The molecule has 2 aromatic rings. The molecule has 0 unspecified atom stereocenters. The van der Waals surface area contributed by atoms with E-state index in [-0.39, 0.29) is 6.61 Å². The number of aryl methyl sites for hydroxylation is 2. The first-order valence-corrected chi connectivity index (χ1v) is 12.2. The number of halogens is 1. The molecule has 4 rings (SSSR count). The second kappa shape index (κ2) is 9.72. The number of β-amino-alcohol motifs (C(OH)–C–C–N with tert-alkyl or cyclic N) is 2. The molecule has 0 bridgehead atoms. The van der Waals surface area contributed by atoms with Gasteiger partial charge in [-0.3, -0.25) is 4.90 Å². The van der Waals surface area contributed by atoms with Gasteiger partial charge in [0.05, 0.1) is 5.60 Å². The number of aliphatic hydroxyl groups is 2. The maximum absolute atomic E-state index is 11.3. The number of nitrogens with zero attached hydrogens (tertiary/aromatic N) is 1. The summed E-state index contributed by atoms with van der Waals surface area (Å²) < 4.78 is 5.99. The van der Waals surface area contributed by atoms with E-state index in [2.05, 4.69) is 35.2 Å². The zero-order valence-corrected chi connectivity index (χ0v) is 20.1. The highest BCUT2D eigenvalue weighted by Crippen LogP contribution is 2.39. The van der Waals surface area contributed by atoms with Crippen molar-refractivity contribution in [1.82, 2.24) is 4.90 Å². The number of ether oxygens (including phenoxy) is 1. The first-order valence-electron chi connectivity index (χ1n) is 11.9. The zero-order valence-electron chi connectivity index (χ0n) is 19.3. The molecule has 1 aliphatic heterocycles. The molecule has 0 radical (unpaired) electrons. The van der Waals surface area contributed by atoms with Crippen LogP contribution < -0.4 is 4.74 Å². The van der Waals surface area contributed by atoms with Crippen LogP contribution in [0.4, 0.5) is 0 Å². The van der Waals surface area contributed by atoms with Gasteiger partial charge >= 0.3 is 0 Å². The molecule has 174 valence electrons. The highest BCUT2D eigenvalue weighted by atomic mass is 35.5. The molecule has 1 saturated heterocycles. The average Bonchev–Trinajstić information content (AvgIpc) is 2.77. The van der Waals surface area contributed by atoms with Crippen molar-refractivity contribution in [3.63, 3.8) is 0 Å². The zero-order chi connectivity index (χ0) is 22.8. The Morgan fingerprint density at radius 2 is 1.66 bits per heavy atom. The Kier molecular flexibility index (Phi) is 7.16. The largest absolute Gasteiger partial charge is 0.491 e. The summed E-state index contributed by atoms with van der Waals surface area (Å²) in [5, 5.41) is 23.3. The molecule has 2 fully saturated rings. The van der Waals surface area contributed by atoms with Gasteiger partial charge in [-0.15, -0.1) is 0 Å². The van der Waals surface area contributed by atoms with E-state index in [0.717, 1.165) is 60.5 Å². The van der Waals surface area contributed by atoms with E-state index in [0.29, 0.717) is 25.4 Å². The first-order chi connectivity index (χ1) is 15.3. The van der Waals surface area contributed by atoms with Crippen LogP contribution in [-0.2, 0) is 0 Å². The van der Waals surface area contributed by atoms with E-state index in [1.54, 1.807) is 0 Å². The molecule has 2 N–H and O–H groups in total. The summed E-state index contributed by atoms with van der Waals surface area (Å²) in [5.41, 5.74) is 1.76. The molecule has 2 aromatic carbocycles. The van der Waals surface area contributed by atoms with Crippen molar-refractivity contribution in [1.29, 1.82) is 0 Å². The maximum atomic E-state index is 11.3. The predicted molar refractivity (Wildman–Crippen MR) is 130 cm³/mol. The molecule has 4 nitrogen and oxygen atoms in total. The van der Waals surface area contributed by atoms with E-state index >= 15 is 0 Å². The van der Waals surface area contributed by atoms with Crippen molar-refractivity contribution in [2.45, 2.75) is 69.5 Å². The minimum Gasteiger partial charge on any atom is -0.491 e. The van der Waals surface area contributed by atoms with Crippen molar-refractivity contribution >= 4 is 11.6 Å². The van der Waals surface area contributed by atoms with Crippen LogP contribution in [-0.4, -0.2) is 52.6 Å². The Morgan fingerprint density at radius 1 is 1.00 bits per heavy atom. The van der Waals surface area contributed by atoms with Crippen molar-refractivity contribution in [3.8, 4) is 5.75 Å².